The van der Waals surface area contributed by atoms with E-state index in [0.29, 0.717) is 63.4 Å². The number of carbonyl (C=O) groups excluding carboxylic acids is 2. The van der Waals surface area contributed by atoms with Crippen LogP contribution >= 0.6 is 11.6 Å². The van der Waals surface area contributed by atoms with Crippen molar-refractivity contribution in [2.24, 2.45) is 0 Å². The van der Waals surface area contributed by atoms with E-state index in [2.05, 4.69) is 5.32 Å². The molecule has 1 aliphatic heterocycles. The number of esters is 1. The van der Waals surface area contributed by atoms with E-state index in [4.69, 9.17) is 25.8 Å². The number of ether oxygens (including phenoxy) is 3. The predicted octanol–water partition coefficient (Wildman–Crippen LogP) is 6.76. The van der Waals surface area contributed by atoms with E-state index in [9.17, 15) is 9.59 Å². The number of nitrogens with one attached hydrogen (secondary N) is 1. The molecule has 1 aliphatic carbocycles. The summed E-state index contributed by atoms with van der Waals surface area (Å²) in [7, 11) is 0. The average Bonchev–Trinajstić information content (AvgIpc) is 3.19. The van der Waals surface area contributed by atoms with Crippen LogP contribution in [0.15, 0.2) is 77.5 Å². The second-order valence-electron chi connectivity index (χ2n) is 9.52. The van der Waals surface area contributed by atoms with Crippen molar-refractivity contribution in [3.8, 4) is 11.5 Å². The molecule has 3 aromatic carbocycles. The van der Waals surface area contributed by atoms with E-state index in [0.717, 1.165) is 16.7 Å². The number of benzene rings is 3. The molecule has 5 rings (SSSR count). The van der Waals surface area contributed by atoms with Crippen molar-refractivity contribution in [3.63, 3.8) is 0 Å². The SMILES string of the molecule is CCOC(=O)C1=C(C)NC2=C(C(=O)c3ccccc32)[C@@H]1c1cc(Cl)c(OCc2cccc(C)c2)c(OCC)c1. The first-order chi connectivity index (χ1) is 18.8. The van der Waals surface area contributed by atoms with E-state index >= 15 is 0 Å². The number of allylic oxidation sites excluding steroid dienone is 2. The first kappa shape index (κ1) is 26.6. The lowest BCUT2D eigenvalue weighted by Gasteiger charge is -2.30. The zero-order chi connectivity index (χ0) is 27.7. The number of Topliss-reactive ketones (excluding diaryl/α,β-unsaturated/α-hetero) is 1. The number of carbonyl (C=O) groups is 2. The first-order valence-electron chi connectivity index (χ1n) is 13.0. The summed E-state index contributed by atoms with van der Waals surface area (Å²) >= 11 is 6.83. The largest absolute Gasteiger partial charge is 0.490 e. The summed E-state index contributed by atoms with van der Waals surface area (Å²) in [5.41, 5.74) is 6.34. The van der Waals surface area contributed by atoms with Gasteiger partial charge in [-0.05, 0) is 51.0 Å². The summed E-state index contributed by atoms with van der Waals surface area (Å²) in [4.78, 5) is 27.0. The minimum Gasteiger partial charge on any atom is -0.490 e. The third-order valence-electron chi connectivity index (χ3n) is 6.87. The van der Waals surface area contributed by atoms with Crippen molar-refractivity contribution in [2.75, 3.05) is 13.2 Å². The smallest absolute Gasteiger partial charge is 0.336 e. The lowest BCUT2D eigenvalue weighted by molar-refractivity contribution is -0.138. The van der Waals surface area contributed by atoms with Gasteiger partial charge >= 0.3 is 5.97 Å². The van der Waals surface area contributed by atoms with Crippen LogP contribution in [0.4, 0.5) is 0 Å². The Hall–Kier alpha value is -4.03. The number of halogens is 1. The van der Waals surface area contributed by atoms with Gasteiger partial charge in [-0.3, -0.25) is 4.79 Å². The Kier molecular flexibility index (Phi) is 7.49. The van der Waals surface area contributed by atoms with Crippen LogP contribution in [0.1, 0.15) is 59.3 Å². The molecule has 0 saturated heterocycles. The van der Waals surface area contributed by atoms with Gasteiger partial charge in [-0.25, -0.2) is 4.79 Å². The number of ketones is 1. The Morgan fingerprint density at radius 1 is 0.949 bits per heavy atom. The fraction of sp³-hybridized carbons (Fsp3) is 0.250. The predicted molar refractivity (Wildman–Crippen MR) is 151 cm³/mol. The molecule has 1 atom stereocenters. The Labute approximate surface area is 233 Å². The van der Waals surface area contributed by atoms with Gasteiger partial charge in [0.25, 0.3) is 0 Å². The maximum Gasteiger partial charge on any atom is 0.336 e. The molecular formula is C32H30ClNO5. The molecule has 1 N–H and O–H groups in total. The lowest BCUT2D eigenvalue weighted by atomic mass is 9.79. The monoisotopic (exact) mass is 543 g/mol. The van der Waals surface area contributed by atoms with Gasteiger partial charge in [0.1, 0.15) is 6.61 Å². The number of aryl methyl sites for hydroxylation is 1. The number of hydrogen-bond donors (Lipinski definition) is 1. The molecule has 0 aromatic heterocycles. The number of fused-ring (bicyclic) bond motifs is 2. The molecule has 6 nitrogen and oxygen atoms in total. The molecule has 3 aromatic rings. The van der Waals surface area contributed by atoms with Crippen molar-refractivity contribution < 1.29 is 23.8 Å². The normalized spacial score (nSPS) is 16.0. The molecule has 0 spiro atoms. The van der Waals surface area contributed by atoms with Crippen LogP contribution in [0.25, 0.3) is 5.70 Å². The second-order valence-corrected chi connectivity index (χ2v) is 9.93. The molecule has 0 saturated carbocycles. The molecule has 0 radical (unpaired) electrons. The Bertz CT molecular complexity index is 1540. The second kappa shape index (κ2) is 11.0. The topological polar surface area (TPSA) is 73.9 Å². The summed E-state index contributed by atoms with van der Waals surface area (Å²) in [6, 6.07) is 19.0. The van der Waals surface area contributed by atoms with Crippen molar-refractivity contribution in [2.45, 2.75) is 40.2 Å². The molecule has 0 bridgehead atoms. The highest BCUT2D eigenvalue weighted by Crippen LogP contribution is 2.49. The van der Waals surface area contributed by atoms with Crippen LogP contribution in [0.2, 0.25) is 5.02 Å². The molecule has 1 heterocycles. The Morgan fingerprint density at radius 3 is 2.44 bits per heavy atom. The van der Waals surface area contributed by atoms with Crippen LogP contribution in [-0.2, 0) is 16.1 Å². The summed E-state index contributed by atoms with van der Waals surface area (Å²) < 4.78 is 17.6. The van der Waals surface area contributed by atoms with E-state index in [-0.39, 0.29) is 12.4 Å². The van der Waals surface area contributed by atoms with Crippen LogP contribution < -0.4 is 14.8 Å². The molecule has 0 amide bonds. The molecule has 0 fully saturated rings. The maximum absolute atomic E-state index is 13.7. The van der Waals surface area contributed by atoms with Crippen molar-refractivity contribution in [3.05, 3.63) is 110 Å². The fourth-order valence-electron chi connectivity index (χ4n) is 5.26. The van der Waals surface area contributed by atoms with Gasteiger partial charge in [-0.2, -0.15) is 0 Å². The highest BCUT2D eigenvalue weighted by Gasteiger charge is 2.43. The third kappa shape index (κ3) is 4.92. The minimum atomic E-state index is -0.706. The van der Waals surface area contributed by atoms with Crippen LogP contribution in [0.5, 0.6) is 11.5 Å². The average molecular weight is 544 g/mol. The van der Waals surface area contributed by atoms with E-state index in [1.807, 2.05) is 69.3 Å². The van der Waals surface area contributed by atoms with E-state index < -0.39 is 11.9 Å². The molecule has 39 heavy (non-hydrogen) atoms. The quantitative estimate of drug-likeness (QED) is 0.316. The van der Waals surface area contributed by atoms with Gasteiger partial charge < -0.3 is 19.5 Å². The van der Waals surface area contributed by atoms with Crippen molar-refractivity contribution in [1.29, 1.82) is 0 Å². The highest BCUT2D eigenvalue weighted by atomic mass is 35.5. The number of rotatable bonds is 8. The molecule has 2 aliphatic rings. The van der Waals surface area contributed by atoms with E-state index in [1.165, 1.54) is 0 Å². The van der Waals surface area contributed by atoms with Crippen molar-refractivity contribution in [1.82, 2.24) is 5.32 Å². The summed E-state index contributed by atoms with van der Waals surface area (Å²) in [5, 5.41) is 3.64. The molecular weight excluding hydrogens is 514 g/mol. The number of dihydropyridines is 1. The molecule has 200 valence electrons. The maximum atomic E-state index is 13.7. The van der Waals surface area contributed by atoms with Crippen LogP contribution in [0, 0.1) is 6.92 Å². The minimum absolute atomic E-state index is 0.138. The summed E-state index contributed by atoms with van der Waals surface area (Å²) in [5.74, 6) is -0.482. The van der Waals surface area contributed by atoms with Gasteiger partial charge in [-0.15, -0.1) is 0 Å². The lowest BCUT2D eigenvalue weighted by Crippen LogP contribution is -2.29. The van der Waals surface area contributed by atoms with E-state index in [1.54, 1.807) is 19.1 Å². The van der Waals surface area contributed by atoms with Gasteiger partial charge in [0, 0.05) is 28.3 Å². The standard InChI is InChI=1S/C32H30ClNO5/c1-5-37-25-16-21(15-24(33)31(25)39-17-20-11-9-10-18(3)14-20)27-26(32(36)38-6-2)19(4)34-29-22-12-7-8-13-23(22)30(35)28(27)29/h7-16,27,34H,5-6,17H2,1-4H3/t27-/m1/s1. The Morgan fingerprint density at radius 2 is 1.72 bits per heavy atom. The summed E-state index contributed by atoms with van der Waals surface area (Å²) in [6.45, 7) is 8.37. The summed E-state index contributed by atoms with van der Waals surface area (Å²) in [6.07, 6.45) is 0. The number of hydrogen-bond acceptors (Lipinski definition) is 6. The Balaban J connectivity index is 1.62. The molecule has 7 heteroatoms. The zero-order valence-corrected chi connectivity index (χ0v) is 23.1. The van der Waals surface area contributed by atoms with Gasteiger partial charge in [0.15, 0.2) is 17.3 Å². The zero-order valence-electron chi connectivity index (χ0n) is 22.4. The molecule has 0 unspecified atom stereocenters. The highest BCUT2D eigenvalue weighted by molar-refractivity contribution is 6.32. The fourth-order valence-corrected chi connectivity index (χ4v) is 5.53. The van der Waals surface area contributed by atoms with Gasteiger partial charge in [0.2, 0.25) is 0 Å². The van der Waals surface area contributed by atoms with Crippen LogP contribution in [0.3, 0.4) is 0 Å². The first-order valence-corrected chi connectivity index (χ1v) is 13.4. The van der Waals surface area contributed by atoms with Gasteiger partial charge in [0.05, 0.1) is 29.5 Å². The van der Waals surface area contributed by atoms with Crippen molar-refractivity contribution >= 4 is 29.1 Å². The third-order valence-corrected chi connectivity index (χ3v) is 7.16. The van der Waals surface area contributed by atoms with Gasteiger partial charge in [-0.1, -0.05) is 65.7 Å². The van der Waals surface area contributed by atoms with Crippen LogP contribution in [-0.4, -0.2) is 25.0 Å².